The molecule has 238 valence electrons. The van der Waals surface area contributed by atoms with E-state index in [-0.39, 0.29) is 19.2 Å². The van der Waals surface area contributed by atoms with Crippen molar-refractivity contribution in [2.75, 3.05) is 9.80 Å². The van der Waals surface area contributed by atoms with E-state index in [9.17, 15) is 4.79 Å². The number of carbonyl (C=O) groups excluding carboxylic acids is 1. The molecule has 0 bridgehead atoms. The minimum Gasteiger partial charge on any atom is -0.453 e. The molecule has 7 heteroatoms. The van der Waals surface area contributed by atoms with Gasteiger partial charge < -0.3 is 19.3 Å². The molecule has 6 aliphatic rings. The first-order valence-electron chi connectivity index (χ1n) is 17.7. The van der Waals surface area contributed by atoms with Gasteiger partial charge in [0, 0.05) is 22.5 Å². The number of anilines is 6. The van der Waals surface area contributed by atoms with Crippen molar-refractivity contribution in [2.45, 2.75) is 0 Å². The quantitative estimate of drug-likeness (QED) is 0.176. The van der Waals surface area contributed by atoms with Gasteiger partial charge in [0.2, 0.25) is 13.4 Å². The van der Waals surface area contributed by atoms with Crippen LogP contribution in [-0.4, -0.2) is 19.2 Å². The summed E-state index contributed by atoms with van der Waals surface area (Å²) in [5.74, 6) is 3.26. The second-order valence-electron chi connectivity index (χ2n) is 14.4. The number of hydrogen-bond donors (Lipinski definition) is 0. The van der Waals surface area contributed by atoms with Crippen LogP contribution >= 0.6 is 0 Å². The Morgan fingerprint density at radius 3 is 1.58 bits per heavy atom. The van der Waals surface area contributed by atoms with Crippen LogP contribution in [0.4, 0.5) is 34.1 Å². The van der Waals surface area contributed by atoms with Crippen molar-refractivity contribution >= 4 is 91.7 Å². The van der Waals surface area contributed by atoms with Crippen LogP contribution in [0.5, 0.6) is 23.0 Å². The Morgan fingerprint density at radius 1 is 0.442 bits per heavy atom. The molecule has 52 heavy (non-hydrogen) atoms. The number of carbonyl (C=O) groups is 1. The van der Waals surface area contributed by atoms with Gasteiger partial charge in [0.05, 0.1) is 22.7 Å². The maximum atomic E-state index is 14.3. The highest BCUT2D eigenvalue weighted by atomic mass is 16.5. The summed E-state index contributed by atoms with van der Waals surface area (Å²) in [6.07, 6.45) is 0. The van der Waals surface area contributed by atoms with Gasteiger partial charge in [-0.3, -0.25) is 4.79 Å². The molecular formula is C45H24B2N2O3. The summed E-state index contributed by atoms with van der Waals surface area (Å²) < 4.78 is 13.3. The Balaban J connectivity index is 1.19. The standard InChI is InChI=1S/C45H24B2N2O3/c1-24-25-10-2-4-12-29(25)46-31-22-32-36(23-35(31)48-33-14-6-8-16-37(33)51-39-20-18-26(24)41(46)43(39)48)49-34-15-7-9-17-38(34)52-40-21-19-28-42(44(40)49)47(32)30-13-5-3-11-27(30)45(28)50/h2-23H,1H2. The highest BCUT2D eigenvalue weighted by molar-refractivity contribution is 7.02. The van der Waals surface area contributed by atoms with Crippen molar-refractivity contribution in [1.29, 1.82) is 0 Å². The Labute approximate surface area is 300 Å². The lowest BCUT2D eigenvalue weighted by Gasteiger charge is -2.47. The molecule has 0 N–H and O–H groups in total. The van der Waals surface area contributed by atoms with Gasteiger partial charge in [0.1, 0.15) is 0 Å². The van der Waals surface area contributed by atoms with E-state index in [1.54, 1.807) is 0 Å². The van der Waals surface area contributed by atoms with E-state index in [1.807, 2.05) is 48.5 Å². The molecule has 5 nitrogen and oxygen atoms in total. The average Bonchev–Trinajstić information content (AvgIpc) is 3.19. The van der Waals surface area contributed by atoms with Crippen LogP contribution in [-0.2, 0) is 0 Å². The summed E-state index contributed by atoms with van der Waals surface area (Å²) in [5.41, 5.74) is 17.9. The van der Waals surface area contributed by atoms with Gasteiger partial charge in [0.15, 0.2) is 28.8 Å². The number of ketones is 1. The lowest BCUT2D eigenvalue weighted by Crippen LogP contribution is -2.66. The maximum Gasteiger partial charge on any atom is 0.248 e. The van der Waals surface area contributed by atoms with E-state index >= 15 is 0 Å². The van der Waals surface area contributed by atoms with Crippen LogP contribution in [0, 0.1) is 0 Å². The van der Waals surface area contributed by atoms with Crippen molar-refractivity contribution in [2.24, 2.45) is 0 Å². The van der Waals surface area contributed by atoms with Crippen LogP contribution in [0.1, 0.15) is 27.0 Å². The summed E-state index contributed by atoms with van der Waals surface area (Å²) in [5, 5.41) is 0. The number of para-hydroxylation sites is 4. The van der Waals surface area contributed by atoms with Gasteiger partial charge in [-0.25, -0.2) is 0 Å². The number of nitrogens with zero attached hydrogens (tertiary/aromatic N) is 2. The predicted octanol–water partition coefficient (Wildman–Crippen LogP) is 6.42. The van der Waals surface area contributed by atoms with Crippen LogP contribution in [0.25, 0.3) is 5.57 Å². The molecule has 6 aliphatic heterocycles. The van der Waals surface area contributed by atoms with E-state index in [4.69, 9.17) is 9.47 Å². The molecule has 0 aromatic heterocycles. The summed E-state index contributed by atoms with van der Waals surface area (Å²) in [6.45, 7) is 4.43. The number of fused-ring (bicyclic) bond motifs is 14. The fraction of sp³-hybridized carbons (Fsp3) is 0. The lowest BCUT2D eigenvalue weighted by atomic mass is 9.28. The second kappa shape index (κ2) is 9.14. The van der Waals surface area contributed by atoms with Crippen LogP contribution in [0.15, 0.2) is 140 Å². The Bertz CT molecular complexity index is 2710. The van der Waals surface area contributed by atoms with Gasteiger partial charge in [-0.15, -0.1) is 0 Å². The first-order valence-corrected chi connectivity index (χ1v) is 17.7. The van der Waals surface area contributed by atoms with Gasteiger partial charge >= 0.3 is 0 Å². The van der Waals surface area contributed by atoms with E-state index in [1.165, 1.54) is 27.4 Å². The van der Waals surface area contributed by atoms with E-state index in [0.29, 0.717) is 0 Å². The molecule has 6 heterocycles. The second-order valence-corrected chi connectivity index (χ2v) is 14.4. The van der Waals surface area contributed by atoms with Crippen molar-refractivity contribution in [1.82, 2.24) is 0 Å². The van der Waals surface area contributed by atoms with Crippen molar-refractivity contribution in [3.05, 3.63) is 162 Å². The molecule has 0 fully saturated rings. The third-order valence-electron chi connectivity index (χ3n) is 12.0. The third-order valence-corrected chi connectivity index (χ3v) is 12.0. The Morgan fingerprint density at radius 2 is 0.942 bits per heavy atom. The summed E-state index contributed by atoms with van der Waals surface area (Å²) in [4.78, 5) is 19.0. The third kappa shape index (κ3) is 3.05. The van der Waals surface area contributed by atoms with Gasteiger partial charge in [0.25, 0.3) is 0 Å². The maximum absolute atomic E-state index is 14.3. The van der Waals surface area contributed by atoms with Gasteiger partial charge in [-0.1, -0.05) is 102 Å². The Kier molecular flexibility index (Phi) is 4.75. The zero-order valence-corrected chi connectivity index (χ0v) is 27.7. The average molecular weight is 662 g/mol. The molecule has 0 radical (unpaired) electrons. The minimum absolute atomic E-state index is 0.0540. The molecule has 7 aromatic carbocycles. The normalized spacial score (nSPS) is 15.2. The van der Waals surface area contributed by atoms with Gasteiger partial charge in [-0.2, -0.15) is 0 Å². The van der Waals surface area contributed by atoms with Gasteiger partial charge in [-0.05, 0) is 87.1 Å². The molecule has 0 saturated heterocycles. The molecule has 0 unspecified atom stereocenters. The number of benzene rings is 7. The molecule has 0 aliphatic carbocycles. The number of hydrogen-bond acceptors (Lipinski definition) is 5. The monoisotopic (exact) mass is 662 g/mol. The molecule has 0 atom stereocenters. The smallest absolute Gasteiger partial charge is 0.248 e. The van der Waals surface area contributed by atoms with E-state index in [2.05, 4.69) is 101 Å². The predicted molar refractivity (Wildman–Crippen MR) is 210 cm³/mol. The Hall–Kier alpha value is -6.72. The summed E-state index contributed by atoms with van der Waals surface area (Å²) in [6, 6.07) is 46.4. The highest BCUT2D eigenvalue weighted by Crippen LogP contribution is 2.55. The molecule has 0 spiro atoms. The molecule has 0 saturated carbocycles. The molecule has 7 aromatic rings. The fourth-order valence-electron chi connectivity index (χ4n) is 9.97. The minimum atomic E-state index is -0.165. The SMILES string of the molecule is C=C1c2ccccc2B2c3cc4c(cc3N3c5ccccc5Oc5ccc1c2c53)N1c2ccccc2Oc2ccc3c(c21)B4c1ccccc1C3=O. The molecular weight excluding hydrogens is 638 g/mol. The first-order chi connectivity index (χ1) is 25.7. The number of rotatable bonds is 0. The van der Waals surface area contributed by atoms with Crippen molar-refractivity contribution < 1.29 is 14.3 Å². The van der Waals surface area contributed by atoms with E-state index in [0.717, 1.165) is 90.3 Å². The topological polar surface area (TPSA) is 42.0 Å². The van der Waals surface area contributed by atoms with Crippen LogP contribution in [0.2, 0.25) is 0 Å². The molecule has 0 amide bonds. The number of ether oxygens (including phenoxy) is 2. The summed E-state index contributed by atoms with van der Waals surface area (Å²) in [7, 11) is 0. The van der Waals surface area contributed by atoms with Crippen molar-refractivity contribution in [3.8, 4) is 23.0 Å². The van der Waals surface area contributed by atoms with Crippen molar-refractivity contribution in [3.63, 3.8) is 0 Å². The fourth-order valence-corrected chi connectivity index (χ4v) is 9.97. The van der Waals surface area contributed by atoms with E-state index < -0.39 is 0 Å². The zero-order chi connectivity index (χ0) is 34.0. The highest BCUT2D eigenvalue weighted by Gasteiger charge is 2.50. The van der Waals surface area contributed by atoms with Crippen LogP contribution in [0.3, 0.4) is 0 Å². The zero-order valence-electron chi connectivity index (χ0n) is 27.7. The molecule has 13 rings (SSSR count). The largest absolute Gasteiger partial charge is 0.453 e. The first kappa shape index (κ1) is 27.1. The van der Waals surface area contributed by atoms with Crippen LogP contribution < -0.4 is 52.1 Å². The summed E-state index contributed by atoms with van der Waals surface area (Å²) >= 11 is 0. The lowest BCUT2D eigenvalue weighted by molar-refractivity contribution is 0.104.